The molecule has 0 saturated heterocycles. The lowest BCUT2D eigenvalue weighted by Gasteiger charge is -2.18. The summed E-state index contributed by atoms with van der Waals surface area (Å²) in [7, 11) is 0. The summed E-state index contributed by atoms with van der Waals surface area (Å²) in [6.07, 6.45) is 3.50. The van der Waals surface area contributed by atoms with Crippen LogP contribution in [0, 0.1) is 5.92 Å². The zero-order chi connectivity index (χ0) is 21.0. The normalized spacial score (nSPS) is 15.3. The van der Waals surface area contributed by atoms with E-state index in [1.54, 1.807) is 24.3 Å². The Labute approximate surface area is 174 Å². The first-order valence-electron chi connectivity index (χ1n) is 9.89. The molecule has 0 radical (unpaired) electrons. The van der Waals surface area contributed by atoms with Crippen LogP contribution in [-0.4, -0.2) is 24.4 Å². The van der Waals surface area contributed by atoms with E-state index in [1.165, 1.54) is 18.3 Å². The molecule has 154 valence electrons. The predicted octanol–water partition coefficient (Wildman–Crippen LogP) is 4.65. The van der Waals surface area contributed by atoms with E-state index in [9.17, 15) is 14.4 Å². The van der Waals surface area contributed by atoms with Gasteiger partial charge in [-0.05, 0) is 55.4 Å². The van der Waals surface area contributed by atoms with Gasteiger partial charge in [-0.1, -0.05) is 19.9 Å². The van der Waals surface area contributed by atoms with E-state index < -0.39 is 5.97 Å². The van der Waals surface area contributed by atoms with Crippen molar-refractivity contribution in [2.24, 2.45) is 5.92 Å². The molecule has 1 aliphatic carbocycles. The number of thiophene rings is 1. The summed E-state index contributed by atoms with van der Waals surface area (Å²) in [5.74, 6) is -0.330. The number of rotatable bonds is 6. The summed E-state index contributed by atoms with van der Waals surface area (Å²) < 4.78 is 5.16. The van der Waals surface area contributed by atoms with E-state index >= 15 is 0 Å². The smallest absolute Gasteiger partial charge is 0.338 e. The molecule has 0 saturated carbocycles. The minimum Gasteiger partial charge on any atom is -0.462 e. The monoisotopic (exact) mass is 414 g/mol. The van der Waals surface area contributed by atoms with Crippen molar-refractivity contribution in [2.45, 2.75) is 46.5 Å². The summed E-state index contributed by atoms with van der Waals surface area (Å²) in [4.78, 5) is 38.0. The van der Waals surface area contributed by atoms with Gasteiger partial charge in [-0.2, -0.15) is 0 Å². The second-order valence-electron chi connectivity index (χ2n) is 7.41. The molecule has 2 amide bonds. The third kappa shape index (κ3) is 5.03. The highest BCUT2D eigenvalue weighted by Gasteiger charge is 2.28. The topological polar surface area (TPSA) is 84.5 Å². The largest absolute Gasteiger partial charge is 0.462 e. The second-order valence-corrected chi connectivity index (χ2v) is 8.51. The Hall–Kier alpha value is -2.67. The molecule has 1 atom stereocenters. The second kappa shape index (κ2) is 9.22. The van der Waals surface area contributed by atoms with Crippen LogP contribution in [0.15, 0.2) is 24.3 Å². The molecular formula is C22H26N2O4S. The number of hydrogen-bond donors (Lipinski definition) is 2. The van der Waals surface area contributed by atoms with Crippen LogP contribution in [0.5, 0.6) is 0 Å². The molecule has 1 aliphatic rings. The highest BCUT2D eigenvalue weighted by molar-refractivity contribution is 7.17. The fourth-order valence-corrected chi connectivity index (χ4v) is 4.89. The van der Waals surface area contributed by atoms with Gasteiger partial charge in [0.25, 0.3) is 5.91 Å². The molecule has 0 unspecified atom stereocenters. The number of esters is 1. The molecule has 7 heteroatoms. The zero-order valence-electron chi connectivity index (χ0n) is 17.0. The van der Waals surface area contributed by atoms with E-state index in [1.807, 2.05) is 6.92 Å². The SMILES string of the molecule is CCCOC(=O)c1cccc(NC(=O)c2c(NC(C)=O)sc3c2CC[C@H](C)C3)c1. The standard InChI is InChI=1S/C22H26N2O4S/c1-4-10-28-22(27)15-6-5-7-16(12-15)24-20(26)19-17-9-8-13(2)11-18(17)29-21(19)23-14(3)25/h5-7,12-13H,4,8-11H2,1-3H3,(H,23,25)(H,24,26)/t13-/m0/s1. The van der Waals surface area contributed by atoms with Crippen LogP contribution in [0.3, 0.4) is 0 Å². The van der Waals surface area contributed by atoms with Crippen molar-refractivity contribution >= 4 is 39.8 Å². The number of fused-ring (bicyclic) bond motifs is 1. The maximum atomic E-state index is 13.1. The molecule has 0 spiro atoms. The highest BCUT2D eigenvalue weighted by atomic mass is 32.1. The fourth-order valence-electron chi connectivity index (χ4n) is 3.43. The van der Waals surface area contributed by atoms with Crippen LogP contribution in [0.1, 0.15) is 64.8 Å². The molecular weight excluding hydrogens is 388 g/mol. The Morgan fingerprint density at radius 2 is 2.03 bits per heavy atom. The van der Waals surface area contributed by atoms with Crippen molar-refractivity contribution in [1.29, 1.82) is 0 Å². The molecule has 1 aromatic carbocycles. The average molecular weight is 415 g/mol. The van der Waals surface area contributed by atoms with Crippen molar-refractivity contribution in [3.8, 4) is 0 Å². The number of benzene rings is 1. The van der Waals surface area contributed by atoms with Gasteiger partial charge in [0.05, 0.1) is 17.7 Å². The molecule has 29 heavy (non-hydrogen) atoms. The van der Waals surface area contributed by atoms with Crippen molar-refractivity contribution in [3.63, 3.8) is 0 Å². The Balaban J connectivity index is 1.85. The quantitative estimate of drug-likeness (QED) is 0.674. The number of amides is 2. The molecule has 0 fully saturated rings. The fraction of sp³-hybridized carbons (Fsp3) is 0.409. The molecule has 0 bridgehead atoms. The van der Waals surface area contributed by atoms with E-state index in [0.717, 1.165) is 36.1 Å². The predicted molar refractivity (Wildman–Crippen MR) is 115 cm³/mol. The van der Waals surface area contributed by atoms with Crippen LogP contribution >= 0.6 is 11.3 Å². The first-order valence-corrected chi connectivity index (χ1v) is 10.7. The van der Waals surface area contributed by atoms with Gasteiger partial charge in [0.1, 0.15) is 5.00 Å². The number of ether oxygens (including phenoxy) is 1. The van der Waals surface area contributed by atoms with Crippen molar-refractivity contribution in [1.82, 2.24) is 0 Å². The van der Waals surface area contributed by atoms with Crippen LogP contribution in [0.25, 0.3) is 0 Å². The number of hydrogen-bond acceptors (Lipinski definition) is 5. The van der Waals surface area contributed by atoms with E-state index in [0.29, 0.717) is 34.3 Å². The Bertz CT molecular complexity index is 935. The minimum atomic E-state index is -0.413. The van der Waals surface area contributed by atoms with E-state index in [2.05, 4.69) is 17.6 Å². The van der Waals surface area contributed by atoms with Crippen molar-refractivity contribution < 1.29 is 19.1 Å². The van der Waals surface area contributed by atoms with Gasteiger partial charge in [0.15, 0.2) is 0 Å². The molecule has 6 nitrogen and oxygen atoms in total. The lowest BCUT2D eigenvalue weighted by atomic mass is 9.88. The third-order valence-corrected chi connectivity index (χ3v) is 5.99. The summed E-state index contributed by atoms with van der Waals surface area (Å²) in [5, 5.41) is 6.28. The Kier molecular flexibility index (Phi) is 6.69. The van der Waals surface area contributed by atoms with Gasteiger partial charge >= 0.3 is 5.97 Å². The van der Waals surface area contributed by atoms with Crippen molar-refractivity contribution in [3.05, 3.63) is 45.8 Å². The lowest BCUT2D eigenvalue weighted by Crippen LogP contribution is -2.19. The van der Waals surface area contributed by atoms with Gasteiger partial charge in [-0.25, -0.2) is 4.79 Å². The molecule has 1 heterocycles. The summed E-state index contributed by atoms with van der Waals surface area (Å²) in [6.45, 7) is 5.92. The van der Waals surface area contributed by atoms with Crippen LogP contribution in [0.4, 0.5) is 10.7 Å². The summed E-state index contributed by atoms with van der Waals surface area (Å²) in [6, 6.07) is 6.70. The third-order valence-electron chi connectivity index (χ3n) is 4.82. The molecule has 0 aliphatic heterocycles. The first-order chi connectivity index (χ1) is 13.9. The Morgan fingerprint density at radius 1 is 1.24 bits per heavy atom. The average Bonchev–Trinajstić information content (AvgIpc) is 3.02. The number of anilines is 2. The summed E-state index contributed by atoms with van der Waals surface area (Å²) >= 11 is 1.48. The van der Waals surface area contributed by atoms with Gasteiger partial charge in [-0.3, -0.25) is 9.59 Å². The molecule has 1 aromatic heterocycles. The highest BCUT2D eigenvalue weighted by Crippen LogP contribution is 2.40. The van der Waals surface area contributed by atoms with Crippen LogP contribution in [0.2, 0.25) is 0 Å². The van der Waals surface area contributed by atoms with Crippen LogP contribution in [-0.2, 0) is 22.4 Å². The van der Waals surface area contributed by atoms with Gasteiger partial charge < -0.3 is 15.4 Å². The van der Waals surface area contributed by atoms with Crippen molar-refractivity contribution in [2.75, 3.05) is 17.2 Å². The summed E-state index contributed by atoms with van der Waals surface area (Å²) in [5.41, 5.74) is 2.46. The maximum Gasteiger partial charge on any atom is 0.338 e. The number of carbonyl (C=O) groups excluding carboxylic acids is 3. The van der Waals surface area contributed by atoms with Gasteiger partial charge in [-0.15, -0.1) is 11.3 Å². The number of carbonyl (C=O) groups is 3. The first kappa shape index (κ1) is 21.0. The van der Waals surface area contributed by atoms with E-state index in [4.69, 9.17) is 4.74 Å². The molecule has 3 rings (SSSR count). The maximum absolute atomic E-state index is 13.1. The van der Waals surface area contributed by atoms with Gasteiger partial charge in [0, 0.05) is 17.5 Å². The number of nitrogens with one attached hydrogen (secondary N) is 2. The lowest BCUT2D eigenvalue weighted by molar-refractivity contribution is -0.114. The molecule has 2 N–H and O–H groups in total. The molecule has 2 aromatic rings. The van der Waals surface area contributed by atoms with Crippen LogP contribution < -0.4 is 10.6 Å². The minimum absolute atomic E-state index is 0.202. The zero-order valence-corrected chi connectivity index (χ0v) is 17.8. The Morgan fingerprint density at radius 3 is 2.76 bits per heavy atom. The van der Waals surface area contributed by atoms with Gasteiger partial charge in [0.2, 0.25) is 5.91 Å². The van der Waals surface area contributed by atoms with E-state index in [-0.39, 0.29) is 11.8 Å².